The third-order valence-electron chi connectivity index (χ3n) is 1.90. The summed E-state index contributed by atoms with van der Waals surface area (Å²) in [5.74, 6) is -0.181. The zero-order valence-electron chi connectivity index (χ0n) is 8.10. The number of thiazole rings is 1. The van der Waals surface area contributed by atoms with Gasteiger partial charge in [0.05, 0.1) is 5.51 Å². The van der Waals surface area contributed by atoms with Crippen molar-refractivity contribution in [3.05, 3.63) is 40.6 Å². The van der Waals surface area contributed by atoms with Crippen molar-refractivity contribution in [2.75, 3.05) is 5.32 Å². The van der Waals surface area contributed by atoms with Crippen LogP contribution in [0.25, 0.3) is 0 Å². The first kappa shape index (κ1) is 9.79. The quantitative estimate of drug-likeness (QED) is 0.841. The molecule has 0 saturated carbocycles. The Balaban J connectivity index is 2.15. The maximum atomic E-state index is 11.7. The van der Waals surface area contributed by atoms with Crippen LogP contribution in [0.15, 0.2) is 30.0 Å². The highest BCUT2D eigenvalue weighted by Gasteiger charge is 2.11. The van der Waals surface area contributed by atoms with Gasteiger partial charge in [-0.1, -0.05) is 0 Å². The summed E-state index contributed by atoms with van der Waals surface area (Å²) >= 11 is 1.46. The predicted molar refractivity (Wildman–Crippen MR) is 59.0 cm³/mol. The minimum Gasteiger partial charge on any atom is -0.321 e. The van der Waals surface area contributed by atoms with Gasteiger partial charge < -0.3 is 5.32 Å². The van der Waals surface area contributed by atoms with Crippen LogP contribution >= 0.6 is 11.3 Å². The molecule has 0 aromatic carbocycles. The Labute approximate surface area is 91.0 Å². The number of pyridine rings is 1. The molecule has 0 aliphatic heterocycles. The van der Waals surface area contributed by atoms with Gasteiger partial charge in [0.25, 0.3) is 5.91 Å². The van der Waals surface area contributed by atoms with Crippen LogP contribution in [0.1, 0.15) is 15.4 Å². The Morgan fingerprint density at radius 1 is 1.40 bits per heavy atom. The van der Waals surface area contributed by atoms with Crippen LogP contribution < -0.4 is 5.32 Å². The van der Waals surface area contributed by atoms with E-state index in [1.807, 2.05) is 6.92 Å². The number of rotatable bonds is 2. The molecule has 15 heavy (non-hydrogen) atoms. The average molecular weight is 219 g/mol. The summed E-state index contributed by atoms with van der Waals surface area (Å²) in [7, 11) is 0. The lowest BCUT2D eigenvalue weighted by atomic mass is 10.3. The second-order valence-corrected chi connectivity index (χ2v) is 4.01. The van der Waals surface area contributed by atoms with E-state index < -0.39 is 0 Å². The first-order valence-corrected chi connectivity index (χ1v) is 5.27. The molecule has 0 aliphatic carbocycles. The van der Waals surface area contributed by atoms with Gasteiger partial charge in [-0.3, -0.25) is 9.78 Å². The number of aryl methyl sites for hydroxylation is 1. The molecule has 0 spiro atoms. The molecule has 0 fully saturated rings. The summed E-state index contributed by atoms with van der Waals surface area (Å²) in [4.78, 5) is 20.5. The number of nitrogens with one attached hydrogen (secondary N) is 1. The molecule has 2 rings (SSSR count). The zero-order valence-corrected chi connectivity index (χ0v) is 8.91. The van der Waals surface area contributed by atoms with E-state index in [-0.39, 0.29) is 5.91 Å². The van der Waals surface area contributed by atoms with Crippen LogP contribution in [-0.2, 0) is 0 Å². The number of hydrogen-bond donors (Lipinski definition) is 1. The fraction of sp³-hybridized carbons (Fsp3) is 0.100. The van der Waals surface area contributed by atoms with Gasteiger partial charge in [-0.05, 0) is 19.1 Å². The minimum atomic E-state index is -0.181. The number of aromatic nitrogens is 2. The predicted octanol–water partition coefficient (Wildman–Crippen LogP) is 2.10. The fourth-order valence-corrected chi connectivity index (χ4v) is 1.72. The molecule has 1 N–H and O–H groups in total. The molecule has 0 bridgehead atoms. The Morgan fingerprint density at radius 3 is 2.73 bits per heavy atom. The zero-order chi connectivity index (χ0) is 10.7. The molecule has 1 amide bonds. The van der Waals surface area contributed by atoms with Crippen LogP contribution in [-0.4, -0.2) is 15.9 Å². The average Bonchev–Trinajstić information content (AvgIpc) is 2.66. The molecular formula is C10H9N3OS. The van der Waals surface area contributed by atoms with Crippen molar-refractivity contribution in [3.8, 4) is 0 Å². The highest BCUT2D eigenvalue weighted by Crippen LogP contribution is 2.13. The minimum absolute atomic E-state index is 0.181. The fourth-order valence-electron chi connectivity index (χ4n) is 1.15. The maximum Gasteiger partial charge on any atom is 0.275 e. The van der Waals surface area contributed by atoms with E-state index >= 15 is 0 Å². The number of amides is 1. The highest BCUT2D eigenvalue weighted by molar-refractivity contribution is 7.09. The lowest BCUT2D eigenvalue weighted by Gasteiger charge is -2.02. The number of hydrogen-bond acceptors (Lipinski definition) is 4. The standard InChI is InChI=1S/C10H9N3OS/c1-7-9(12-6-15-7)10(14)13-8-2-4-11-5-3-8/h2-6H,1H3,(H,11,13,14). The summed E-state index contributed by atoms with van der Waals surface area (Å²) < 4.78 is 0. The van der Waals surface area contributed by atoms with Gasteiger partial charge in [-0.25, -0.2) is 4.98 Å². The topological polar surface area (TPSA) is 54.9 Å². The SMILES string of the molecule is Cc1scnc1C(=O)Nc1ccncc1. The molecule has 2 aromatic rings. The van der Waals surface area contributed by atoms with Crippen molar-refractivity contribution >= 4 is 22.9 Å². The van der Waals surface area contributed by atoms with Gasteiger partial charge in [-0.15, -0.1) is 11.3 Å². The monoisotopic (exact) mass is 219 g/mol. The summed E-state index contributed by atoms with van der Waals surface area (Å²) in [5, 5.41) is 2.75. The molecule has 0 aliphatic rings. The number of carbonyl (C=O) groups is 1. The first-order valence-electron chi connectivity index (χ1n) is 4.39. The second kappa shape index (κ2) is 4.18. The molecule has 0 saturated heterocycles. The van der Waals surface area contributed by atoms with Crippen molar-refractivity contribution < 1.29 is 4.79 Å². The van der Waals surface area contributed by atoms with Crippen LogP contribution in [0.2, 0.25) is 0 Å². The Bertz CT molecular complexity index is 467. The molecule has 0 radical (unpaired) electrons. The third kappa shape index (κ3) is 2.19. The summed E-state index contributed by atoms with van der Waals surface area (Å²) in [6, 6.07) is 3.47. The van der Waals surface area contributed by atoms with Gasteiger partial charge in [0.1, 0.15) is 5.69 Å². The van der Waals surface area contributed by atoms with Gasteiger partial charge >= 0.3 is 0 Å². The van der Waals surface area contributed by atoms with E-state index in [1.165, 1.54) is 11.3 Å². The number of carbonyl (C=O) groups excluding carboxylic acids is 1. The molecule has 5 heteroatoms. The van der Waals surface area contributed by atoms with E-state index in [0.717, 1.165) is 10.6 Å². The lowest BCUT2D eigenvalue weighted by Crippen LogP contribution is -2.13. The summed E-state index contributed by atoms with van der Waals surface area (Å²) in [6.45, 7) is 1.87. The molecular weight excluding hydrogens is 210 g/mol. The first-order chi connectivity index (χ1) is 7.27. The highest BCUT2D eigenvalue weighted by atomic mass is 32.1. The molecule has 0 unspecified atom stereocenters. The van der Waals surface area contributed by atoms with Gasteiger partial charge in [-0.2, -0.15) is 0 Å². The van der Waals surface area contributed by atoms with E-state index in [1.54, 1.807) is 30.0 Å². The van der Waals surface area contributed by atoms with E-state index in [2.05, 4.69) is 15.3 Å². The Hall–Kier alpha value is -1.75. The summed E-state index contributed by atoms with van der Waals surface area (Å²) in [5.41, 5.74) is 2.87. The van der Waals surface area contributed by atoms with E-state index in [9.17, 15) is 4.79 Å². The summed E-state index contributed by atoms with van der Waals surface area (Å²) in [6.07, 6.45) is 3.26. The number of anilines is 1. The molecule has 4 nitrogen and oxygen atoms in total. The largest absolute Gasteiger partial charge is 0.321 e. The van der Waals surface area contributed by atoms with Gasteiger partial charge in [0, 0.05) is 23.0 Å². The van der Waals surface area contributed by atoms with Crippen molar-refractivity contribution in [1.29, 1.82) is 0 Å². The van der Waals surface area contributed by atoms with Gasteiger partial charge in [0.15, 0.2) is 0 Å². The third-order valence-corrected chi connectivity index (χ3v) is 2.66. The van der Waals surface area contributed by atoms with Crippen molar-refractivity contribution in [1.82, 2.24) is 9.97 Å². The maximum absolute atomic E-state index is 11.7. The molecule has 76 valence electrons. The molecule has 0 atom stereocenters. The van der Waals surface area contributed by atoms with Crippen LogP contribution in [0.3, 0.4) is 0 Å². The molecule has 2 heterocycles. The smallest absolute Gasteiger partial charge is 0.275 e. The van der Waals surface area contributed by atoms with Crippen LogP contribution in [0.5, 0.6) is 0 Å². The Kier molecular flexibility index (Phi) is 2.73. The van der Waals surface area contributed by atoms with Gasteiger partial charge in [0.2, 0.25) is 0 Å². The lowest BCUT2D eigenvalue weighted by molar-refractivity contribution is 0.102. The van der Waals surface area contributed by atoms with Crippen LogP contribution in [0.4, 0.5) is 5.69 Å². The second-order valence-electron chi connectivity index (χ2n) is 2.95. The molecule has 2 aromatic heterocycles. The van der Waals surface area contributed by atoms with Crippen LogP contribution in [0, 0.1) is 6.92 Å². The Morgan fingerprint density at radius 2 is 2.13 bits per heavy atom. The van der Waals surface area contributed by atoms with E-state index in [4.69, 9.17) is 0 Å². The van der Waals surface area contributed by atoms with E-state index in [0.29, 0.717) is 5.69 Å². The van der Waals surface area contributed by atoms with Crippen molar-refractivity contribution in [3.63, 3.8) is 0 Å². The number of nitrogens with zero attached hydrogens (tertiary/aromatic N) is 2. The van der Waals surface area contributed by atoms with Crippen molar-refractivity contribution in [2.45, 2.75) is 6.92 Å². The normalized spacial score (nSPS) is 9.93. The van der Waals surface area contributed by atoms with Crippen molar-refractivity contribution in [2.24, 2.45) is 0 Å².